The van der Waals surface area contributed by atoms with Gasteiger partial charge in [0.15, 0.2) is 0 Å². The molecule has 0 aromatic heterocycles. The van der Waals surface area contributed by atoms with E-state index >= 15 is 0 Å². The van der Waals surface area contributed by atoms with Gasteiger partial charge in [0.25, 0.3) is 0 Å². The maximum Gasteiger partial charge on any atom is 0.0101 e. The largest absolute Gasteiger partial charge is 0.327 e. The molecule has 0 spiro atoms. The van der Waals surface area contributed by atoms with Crippen molar-refractivity contribution in [3.63, 3.8) is 0 Å². The van der Waals surface area contributed by atoms with Crippen molar-refractivity contribution in [2.24, 2.45) is 70.6 Å². The third-order valence-electron chi connectivity index (χ3n) is 11.7. The molecular weight excluding hydrogens is 424 g/mol. The van der Waals surface area contributed by atoms with Crippen LogP contribution in [0.25, 0.3) is 0 Å². The fourth-order valence-corrected chi connectivity index (χ4v) is 9.46. The Balaban J connectivity index is 2.28. The first-order chi connectivity index (χ1) is 16.8. The van der Waals surface area contributed by atoms with Crippen LogP contribution in [0.5, 0.6) is 0 Å². The Hall–Kier alpha value is -0.0800. The maximum absolute atomic E-state index is 7.12. The first-order valence-electron chi connectivity index (χ1n) is 16.3. The molecule has 4 atom stereocenters. The average molecular weight is 491 g/mol. The van der Waals surface area contributed by atoms with Crippen LogP contribution in [0.4, 0.5) is 0 Å². The number of hydrogen-bond donors (Lipinski definition) is 2. The van der Waals surface area contributed by atoms with Gasteiger partial charge in [-0.05, 0) is 91.3 Å². The van der Waals surface area contributed by atoms with E-state index in [-0.39, 0.29) is 0 Å². The molecule has 0 bridgehead atoms. The minimum Gasteiger partial charge on any atom is -0.327 e. The van der Waals surface area contributed by atoms with E-state index in [2.05, 4.69) is 55.4 Å². The van der Waals surface area contributed by atoms with Crippen molar-refractivity contribution < 1.29 is 0 Å². The monoisotopic (exact) mass is 491 g/mol. The van der Waals surface area contributed by atoms with E-state index in [0.717, 1.165) is 59.2 Å². The molecule has 4 unspecified atom stereocenters. The van der Waals surface area contributed by atoms with E-state index in [1.165, 1.54) is 83.5 Å². The summed E-state index contributed by atoms with van der Waals surface area (Å²) in [5.41, 5.74) is 14.2. The molecule has 2 fully saturated rings. The van der Waals surface area contributed by atoms with Crippen molar-refractivity contribution in [2.75, 3.05) is 0 Å². The molecule has 2 rings (SSSR count). The van der Waals surface area contributed by atoms with Gasteiger partial charge in [-0.1, -0.05) is 107 Å². The normalized spacial score (nSPS) is 34.5. The number of nitrogens with two attached hydrogens (primary N) is 2. The van der Waals surface area contributed by atoms with Gasteiger partial charge in [0.05, 0.1) is 0 Å². The molecule has 2 aliphatic carbocycles. The van der Waals surface area contributed by atoms with Gasteiger partial charge < -0.3 is 11.5 Å². The second kappa shape index (κ2) is 15.4. The van der Waals surface area contributed by atoms with Gasteiger partial charge in [0.2, 0.25) is 0 Å². The fourth-order valence-electron chi connectivity index (χ4n) is 9.46. The van der Waals surface area contributed by atoms with Crippen LogP contribution in [-0.4, -0.2) is 12.1 Å². The highest BCUT2D eigenvalue weighted by atomic mass is 14.7. The summed E-state index contributed by atoms with van der Waals surface area (Å²) in [6, 6.07) is 0.825. The molecule has 0 radical (unpaired) electrons. The first kappa shape index (κ1) is 31.1. The zero-order valence-electron chi connectivity index (χ0n) is 25.3. The molecule has 4 N–H and O–H groups in total. The highest BCUT2D eigenvalue weighted by Gasteiger charge is 2.44. The van der Waals surface area contributed by atoms with Gasteiger partial charge in [-0.15, -0.1) is 0 Å². The molecule has 0 aromatic rings. The molecule has 2 saturated carbocycles. The molecule has 0 saturated heterocycles. The Morgan fingerprint density at radius 3 is 0.800 bits per heavy atom. The van der Waals surface area contributed by atoms with E-state index in [1.807, 2.05) is 0 Å². The van der Waals surface area contributed by atoms with E-state index < -0.39 is 0 Å². The molecule has 0 heterocycles. The molecule has 35 heavy (non-hydrogen) atoms. The zero-order valence-corrected chi connectivity index (χ0v) is 25.3. The fraction of sp³-hybridized carbons (Fsp3) is 1.00. The van der Waals surface area contributed by atoms with E-state index in [4.69, 9.17) is 11.5 Å². The van der Waals surface area contributed by atoms with Gasteiger partial charge in [-0.2, -0.15) is 0 Å². The lowest BCUT2D eigenvalue weighted by Crippen LogP contribution is -2.50. The predicted molar refractivity (Wildman–Crippen MR) is 156 cm³/mol. The predicted octanol–water partition coefficient (Wildman–Crippen LogP) is 9.06. The topological polar surface area (TPSA) is 52.0 Å². The lowest BCUT2D eigenvalue weighted by atomic mass is 9.58. The van der Waals surface area contributed by atoms with E-state index in [0.29, 0.717) is 12.1 Å². The van der Waals surface area contributed by atoms with Crippen LogP contribution >= 0.6 is 0 Å². The van der Waals surface area contributed by atoms with Gasteiger partial charge in [-0.25, -0.2) is 0 Å². The van der Waals surface area contributed by atoms with Crippen molar-refractivity contribution in [2.45, 2.75) is 151 Å². The van der Waals surface area contributed by atoms with Crippen LogP contribution in [-0.2, 0) is 0 Å². The third-order valence-corrected chi connectivity index (χ3v) is 11.7. The molecular formula is C33H66N2. The molecule has 0 aliphatic heterocycles. The molecule has 2 heteroatoms. The van der Waals surface area contributed by atoms with Crippen LogP contribution in [0, 0.1) is 59.2 Å². The Morgan fingerprint density at radius 1 is 0.429 bits per heavy atom. The van der Waals surface area contributed by atoms with Gasteiger partial charge in [0.1, 0.15) is 0 Å². The van der Waals surface area contributed by atoms with Crippen LogP contribution in [0.1, 0.15) is 139 Å². The van der Waals surface area contributed by atoms with E-state index in [9.17, 15) is 0 Å². The summed E-state index contributed by atoms with van der Waals surface area (Å²) in [7, 11) is 0. The van der Waals surface area contributed by atoms with Crippen molar-refractivity contribution >= 4 is 0 Å². The summed E-state index contributed by atoms with van der Waals surface area (Å²) < 4.78 is 0. The Kier molecular flexibility index (Phi) is 13.7. The minimum atomic E-state index is 0.412. The number of rotatable bonds is 14. The van der Waals surface area contributed by atoms with Crippen LogP contribution in [0.2, 0.25) is 0 Å². The van der Waals surface area contributed by atoms with Gasteiger partial charge in [-0.3, -0.25) is 0 Å². The lowest BCUT2D eigenvalue weighted by Gasteiger charge is -2.49. The summed E-state index contributed by atoms with van der Waals surface area (Å²) in [6.07, 6.45) is 17.3. The quantitative estimate of drug-likeness (QED) is 0.255. The maximum atomic E-state index is 7.12. The molecule has 0 amide bonds. The van der Waals surface area contributed by atoms with Crippen molar-refractivity contribution in [1.29, 1.82) is 0 Å². The number of hydrogen-bond acceptors (Lipinski definition) is 2. The molecule has 2 aliphatic rings. The third kappa shape index (κ3) is 7.49. The van der Waals surface area contributed by atoms with Crippen molar-refractivity contribution in [3.8, 4) is 0 Å². The molecule has 0 aromatic carbocycles. The molecule has 2 nitrogen and oxygen atoms in total. The van der Waals surface area contributed by atoms with Crippen LogP contribution in [0.15, 0.2) is 0 Å². The van der Waals surface area contributed by atoms with Gasteiger partial charge >= 0.3 is 0 Å². The van der Waals surface area contributed by atoms with Crippen LogP contribution < -0.4 is 11.5 Å². The van der Waals surface area contributed by atoms with Crippen molar-refractivity contribution in [3.05, 3.63) is 0 Å². The first-order valence-corrected chi connectivity index (χ1v) is 16.3. The summed E-state index contributed by atoms with van der Waals surface area (Å²) in [5, 5.41) is 0. The van der Waals surface area contributed by atoms with Crippen molar-refractivity contribution in [1.82, 2.24) is 0 Å². The second-order valence-corrected chi connectivity index (χ2v) is 13.0. The summed E-state index contributed by atoms with van der Waals surface area (Å²) in [5.74, 6) is 7.87. The minimum absolute atomic E-state index is 0.412. The Morgan fingerprint density at radius 2 is 0.629 bits per heavy atom. The van der Waals surface area contributed by atoms with Crippen LogP contribution in [0.3, 0.4) is 0 Å². The standard InChI is InChI=1S/C33H66N2/c1-9-24(10-2)28-18-22(19-29(32(28)34)25(11-3)12-4)17-23-20-30(26(13-5)14-6)33(35)31(21-23)27(15-7)16-8/h22-33H,9-21,34-35H2,1-8H3. The summed E-state index contributed by atoms with van der Waals surface area (Å²) >= 11 is 0. The summed E-state index contributed by atoms with van der Waals surface area (Å²) in [4.78, 5) is 0. The Labute approximate surface area is 221 Å². The smallest absolute Gasteiger partial charge is 0.0101 e. The van der Waals surface area contributed by atoms with E-state index in [1.54, 1.807) is 0 Å². The lowest BCUT2D eigenvalue weighted by molar-refractivity contribution is 0.0310. The zero-order chi connectivity index (χ0) is 26.1. The highest BCUT2D eigenvalue weighted by Crippen LogP contribution is 2.49. The summed E-state index contributed by atoms with van der Waals surface area (Å²) in [6.45, 7) is 19.2. The Bertz CT molecular complexity index is 453. The van der Waals surface area contributed by atoms with Gasteiger partial charge in [0, 0.05) is 12.1 Å². The average Bonchev–Trinajstić information content (AvgIpc) is 2.86. The highest BCUT2D eigenvalue weighted by molar-refractivity contribution is 4.97. The molecule has 208 valence electrons. The second-order valence-electron chi connectivity index (χ2n) is 13.0. The SMILES string of the molecule is CCC(CC)C1CC(CC2CC(C(CC)CC)C(N)C(C(CC)CC)C2)CC(C(CC)CC)C1N.